The van der Waals surface area contributed by atoms with Gasteiger partial charge in [0.25, 0.3) is 5.91 Å². The number of rotatable bonds is 7. The second-order valence-corrected chi connectivity index (χ2v) is 8.48. The number of nitrogens with one attached hydrogen (secondary N) is 1. The van der Waals surface area contributed by atoms with Crippen LogP contribution < -0.4 is 10.7 Å². The summed E-state index contributed by atoms with van der Waals surface area (Å²) in [5, 5.41) is 12.0. The Labute approximate surface area is 208 Å². The normalized spacial score (nSPS) is 10.8. The van der Waals surface area contributed by atoms with E-state index in [2.05, 4.69) is 10.4 Å². The lowest BCUT2D eigenvalue weighted by Gasteiger charge is -2.11. The van der Waals surface area contributed by atoms with E-state index in [1.165, 1.54) is 6.07 Å². The lowest BCUT2D eigenvalue weighted by molar-refractivity contribution is 0.0943. The summed E-state index contributed by atoms with van der Waals surface area (Å²) in [6.07, 6.45) is 1.93. The Morgan fingerprint density at radius 2 is 1.50 bits per heavy atom. The fraction of sp³-hybridized carbons (Fsp3) is 0.103. The van der Waals surface area contributed by atoms with Gasteiger partial charge in [-0.1, -0.05) is 78.9 Å². The van der Waals surface area contributed by atoms with Gasteiger partial charge in [0.2, 0.25) is 5.43 Å². The van der Waals surface area contributed by atoms with Crippen molar-refractivity contribution in [2.45, 2.75) is 20.0 Å². The summed E-state index contributed by atoms with van der Waals surface area (Å²) >= 11 is 0. The lowest BCUT2D eigenvalue weighted by Crippen LogP contribution is -2.31. The Balaban J connectivity index is 1.42. The minimum absolute atomic E-state index is 0.151. The van der Waals surface area contributed by atoms with E-state index in [0.717, 1.165) is 28.1 Å². The fourth-order valence-electron chi connectivity index (χ4n) is 4.08. The highest BCUT2D eigenvalue weighted by molar-refractivity contribution is 5.92. The van der Waals surface area contributed by atoms with Gasteiger partial charge in [-0.15, -0.1) is 0 Å². The summed E-state index contributed by atoms with van der Waals surface area (Å²) in [7, 11) is 0. The first-order chi connectivity index (χ1) is 17.6. The monoisotopic (exact) mass is 475 g/mol. The number of para-hydroxylation sites is 1. The molecule has 0 spiro atoms. The molecule has 0 aliphatic heterocycles. The van der Waals surface area contributed by atoms with E-state index < -0.39 is 11.3 Å². The molecule has 0 saturated carbocycles. The van der Waals surface area contributed by atoms with E-state index in [9.17, 15) is 9.59 Å². The topological polar surface area (TPSA) is 81.8 Å². The number of carbonyl (C=O) groups excluding carboxylic acids is 1. The van der Waals surface area contributed by atoms with Gasteiger partial charge in [0.1, 0.15) is 0 Å². The molecule has 0 radical (unpaired) electrons. The molecule has 5 rings (SSSR count). The minimum atomic E-state index is -0.528. The van der Waals surface area contributed by atoms with E-state index in [4.69, 9.17) is 5.10 Å². The Hall–Kier alpha value is -4.78. The first-order valence-corrected chi connectivity index (χ1v) is 11.7. The number of aromatic nitrogens is 4. The first-order valence-electron chi connectivity index (χ1n) is 11.7. The number of hydrogen-bond acceptors (Lipinski definition) is 4. The van der Waals surface area contributed by atoms with Crippen molar-refractivity contribution in [2.24, 2.45) is 0 Å². The van der Waals surface area contributed by atoms with Crippen molar-refractivity contribution in [1.82, 2.24) is 24.9 Å². The molecular weight excluding hydrogens is 450 g/mol. The van der Waals surface area contributed by atoms with E-state index in [-0.39, 0.29) is 12.2 Å². The Morgan fingerprint density at radius 3 is 2.19 bits per heavy atom. The summed E-state index contributed by atoms with van der Waals surface area (Å²) in [5.74, 6) is -0.528. The van der Waals surface area contributed by atoms with Gasteiger partial charge in [-0.2, -0.15) is 10.2 Å². The van der Waals surface area contributed by atoms with Crippen molar-refractivity contribution in [3.8, 4) is 16.9 Å². The van der Waals surface area contributed by atoms with Crippen LogP contribution in [0.15, 0.2) is 108 Å². The predicted octanol–water partition coefficient (Wildman–Crippen LogP) is 4.38. The van der Waals surface area contributed by atoms with Gasteiger partial charge in [0.15, 0.2) is 5.69 Å². The summed E-state index contributed by atoms with van der Waals surface area (Å²) in [6, 6.07) is 30.7. The van der Waals surface area contributed by atoms with Crippen LogP contribution in [-0.4, -0.2) is 25.5 Å². The van der Waals surface area contributed by atoms with E-state index >= 15 is 0 Å². The fourth-order valence-corrected chi connectivity index (χ4v) is 4.08. The second-order valence-electron chi connectivity index (χ2n) is 8.48. The molecule has 0 unspecified atom stereocenters. The average Bonchev–Trinajstić information content (AvgIpc) is 3.31. The van der Waals surface area contributed by atoms with Gasteiger partial charge < -0.3 is 5.32 Å². The smallest absolute Gasteiger partial charge is 0.276 e. The van der Waals surface area contributed by atoms with Crippen molar-refractivity contribution in [1.29, 1.82) is 0 Å². The van der Waals surface area contributed by atoms with Crippen LogP contribution in [0, 0.1) is 6.92 Å². The molecule has 0 aliphatic carbocycles. The molecule has 0 saturated heterocycles. The third-order valence-electron chi connectivity index (χ3n) is 5.83. The molecule has 1 N–H and O–H groups in total. The van der Waals surface area contributed by atoms with Gasteiger partial charge in [0.05, 0.1) is 17.9 Å². The van der Waals surface area contributed by atoms with Crippen LogP contribution >= 0.6 is 0 Å². The Bertz CT molecular complexity index is 1540. The summed E-state index contributed by atoms with van der Waals surface area (Å²) < 4.78 is 3.47. The third-order valence-corrected chi connectivity index (χ3v) is 5.83. The van der Waals surface area contributed by atoms with E-state index in [0.29, 0.717) is 12.2 Å². The van der Waals surface area contributed by atoms with Crippen LogP contribution in [0.25, 0.3) is 16.9 Å². The molecule has 7 heteroatoms. The van der Waals surface area contributed by atoms with Crippen LogP contribution in [0.4, 0.5) is 0 Å². The molecule has 1 amide bonds. The standard InChI is InChI=1S/C29H25N5O2/c1-21-17-26(35)28(32-34(21)25-15-9-4-10-16-25)29(36)30-18-24-20-33(19-22-11-5-2-6-12-22)31-27(24)23-13-7-3-8-14-23/h2-17,20H,18-19H2,1H3,(H,30,36). The largest absolute Gasteiger partial charge is 0.346 e. The number of nitrogens with zero attached hydrogens (tertiary/aromatic N) is 4. The Kier molecular flexibility index (Phi) is 6.53. The molecule has 3 aromatic carbocycles. The van der Waals surface area contributed by atoms with E-state index in [1.807, 2.05) is 102 Å². The molecular formula is C29H25N5O2. The molecule has 0 aliphatic rings. The number of amides is 1. The summed E-state index contributed by atoms with van der Waals surface area (Å²) in [4.78, 5) is 25.7. The number of carbonyl (C=O) groups is 1. The first kappa shape index (κ1) is 23.0. The van der Waals surface area contributed by atoms with Gasteiger partial charge in [-0.05, 0) is 24.6 Å². The maximum Gasteiger partial charge on any atom is 0.276 e. The Morgan fingerprint density at radius 1 is 0.861 bits per heavy atom. The molecule has 36 heavy (non-hydrogen) atoms. The van der Waals surface area contributed by atoms with E-state index in [1.54, 1.807) is 11.6 Å². The van der Waals surface area contributed by atoms with Crippen molar-refractivity contribution in [2.75, 3.05) is 0 Å². The van der Waals surface area contributed by atoms with Gasteiger partial charge >= 0.3 is 0 Å². The SMILES string of the molecule is Cc1cc(=O)c(C(=O)NCc2cn(Cc3ccccc3)nc2-c2ccccc2)nn1-c1ccccc1. The maximum atomic E-state index is 13.1. The van der Waals surface area contributed by atoms with Gasteiger partial charge in [0, 0.05) is 35.6 Å². The maximum absolute atomic E-state index is 13.1. The number of benzene rings is 3. The zero-order valence-electron chi connectivity index (χ0n) is 19.8. The molecule has 0 bridgehead atoms. The zero-order valence-corrected chi connectivity index (χ0v) is 19.8. The molecule has 2 aromatic heterocycles. The number of hydrogen-bond donors (Lipinski definition) is 1. The minimum Gasteiger partial charge on any atom is -0.346 e. The molecule has 2 heterocycles. The summed E-state index contributed by atoms with van der Waals surface area (Å²) in [5.41, 5.74) is 4.57. The number of aryl methyl sites for hydroxylation is 1. The second kappa shape index (κ2) is 10.2. The molecule has 0 fully saturated rings. The third kappa shape index (κ3) is 5.00. The van der Waals surface area contributed by atoms with Gasteiger partial charge in [-0.3, -0.25) is 14.3 Å². The molecule has 178 valence electrons. The van der Waals surface area contributed by atoms with Crippen molar-refractivity contribution >= 4 is 5.91 Å². The predicted molar refractivity (Wildman–Crippen MR) is 139 cm³/mol. The van der Waals surface area contributed by atoms with Crippen LogP contribution in [0.1, 0.15) is 27.3 Å². The van der Waals surface area contributed by atoms with Crippen LogP contribution in [-0.2, 0) is 13.1 Å². The van der Waals surface area contributed by atoms with Gasteiger partial charge in [-0.25, -0.2) is 4.68 Å². The average molecular weight is 476 g/mol. The van der Waals surface area contributed by atoms with Crippen molar-refractivity contribution in [3.63, 3.8) is 0 Å². The molecule has 5 aromatic rings. The summed E-state index contributed by atoms with van der Waals surface area (Å²) in [6.45, 7) is 2.60. The van der Waals surface area contributed by atoms with Crippen LogP contribution in [0.5, 0.6) is 0 Å². The van der Waals surface area contributed by atoms with Crippen LogP contribution in [0.3, 0.4) is 0 Å². The van der Waals surface area contributed by atoms with Crippen molar-refractivity contribution in [3.05, 3.63) is 136 Å². The quantitative estimate of drug-likeness (QED) is 0.379. The zero-order chi connectivity index (χ0) is 24.9. The highest BCUT2D eigenvalue weighted by atomic mass is 16.2. The highest BCUT2D eigenvalue weighted by Gasteiger charge is 2.17. The van der Waals surface area contributed by atoms with Crippen LogP contribution in [0.2, 0.25) is 0 Å². The molecule has 0 atom stereocenters. The highest BCUT2D eigenvalue weighted by Crippen LogP contribution is 2.22. The molecule has 7 nitrogen and oxygen atoms in total. The van der Waals surface area contributed by atoms with Crippen molar-refractivity contribution < 1.29 is 4.79 Å². The lowest BCUT2D eigenvalue weighted by atomic mass is 10.1.